The van der Waals surface area contributed by atoms with Crippen LogP contribution in [0.5, 0.6) is 5.75 Å². The van der Waals surface area contributed by atoms with Crippen LogP contribution in [0.25, 0.3) is 33.3 Å². The SMILES string of the molecule is C[C@H](Oc1cc(-c2nn(C)c3c(-c4cnn(C(F)(F)F)c4)cnc(N)c23)ccc1NS(=O)(=O)C(F)F)c1ccc(F)cc1. The Hall–Kier alpha value is -4.80. The van der Waals surface area contributed by atoms with Gasteiger partial charge in [0.2, 0.25) is 0 Å². The van der Waals surface area contributed by atoms with Crippen molar-refractivity contribution in [2.75, 3.05) is 10.5 Å². The Bertz CT molecular complexity index is 1920. The molecule has 17 heteroatoms. The number of alkyl halides is 5. The maximum Gasteiger partial charge on any atom is 0.504 e. The minimum absolute atomic E-state index is 0.0188. The zero-order valence-corrected chi connectivity index (χ0v) is 23.0. The van der Waals surface area contributed by atoms with Gasteiger partial charge in [-0.05, 0) is 36.8 Å². The standard InChI is InChI=1S/C26H21F6N7O3S/c1-13(14-3-6-17(27)7-4-14)42-20-9-15(5-8-19(20)37-43(40,41)25(28)29)22-21-23(38(2)36-22)18(11-34-24(21)33)16-10-35-39(12-16)26(30,31)32/h3-13,25,37H,1-2H3,(H2,33,34)/t13-/m0/s1. The Labute approximate surface area is 239 Å². The van der Waals surface area contributed by atoms with Gasteiger partial charge in [0.1, 0.15) is 29.2 Å². The number of hydrogen-bond acceptors (Lipinski definition) is 7. The summed E-state index contributed by atoms with van der Waals surface area (Å²) in [5.74, 6) is -4.43. The van der Waals surface area contributed by atoms with Crippen LogP contribution >= 0.6 is 0 Å². The van der Waals surface area contributed by atoms with Crippen molar-refractivity contribution in [1.29, 1.82) is 0 Å². The van der Waals surface area contributed by atoms with Crippen molar-refractivity contribution >= 4 is 32.4 Å². The summed E-state index contributed by atoms with van der Waals surface area (Å²) < 4.78 is 112. The van der Waals surface area contributed by atoms with Gasteiger partial charge < -0.3 is 10.5 Å². The first kappa shape index (κ1) is 29.7. The Balaban J connectivity index is 1.64. The number of rotatable bonds is 8. The number of nitrogen functional groups attached to an aromatic ring is 1. The molecule has 0 saturated heterocycles. The average Bonchev–Trinajstić information content (AvgIpc) is 3.56. The number of nitrogens with two attached hydrogens (primary N) is 1. The molecule has 5 rings (SSSR count). The number of ether oxygens (including phenoxy) is 1. The van der Waals surface area contributed by atoms with Crippen LogP contribution in [0.3, 0.4) is 0 Å². The van der Waals surface area contributed by atoms with Crippen molar-refractivity contribution in [2.24, 2.45) is 7.05 Å². The van der Waals surface area contributed by atoms with E-state index in [0.29, 0.717) is 11.1 Å². The highest BCUT2D eigenvalue weighted by Gasteiger charge is 2.32. The molecular formula is C26H21F6N7O3S. The fourth-order valence-electron chi connectivity index (χ4n) is 4.39. The van der Waals surface area contributed by atoms with Crippen LogP contribution in [0.15, 0.2) is 61.1 Å². The lowest BCUT2D eigenvalue weighted by Gasteiger charge is -2.19. The fraction of sp³-hybridized carbons (Fsp3) is 0.192. The zero-order chi connectivity index (χ0) is 31.3. The first-order chi connectivity index (χ1) is 20.2. The van der Waals surface area contributed by atoms with Crippen molar-refractivity contribution < 1.29 is 39.5 Å². The molecule has 226 valence electrons. The van der Waals surface area contributed by atoms with E-state index in [-0.39, 0.29) is 49.7 Å². The number of benzene rings is 2. The molecule has 3 heterocycles. The number of halogens is 6. The largest absolute Gasteiger partial charge is 0.504 e. The average molecular weight is 626 g/mol. The molecule has 1 atom stereocenters. The molecule has 0 bridgehead atoms. The van der Waals surface area contributed by atoms with E-state index < -0.39 is 34.0 Å². The number of nitrogens with one attached hydrogen (secondary N) is 1. The van der Waals surface area contributed by atoms with Crippen LogP contribution in [0.2, 0.25) is 0 Å². The Kier molecular flexibility index (Phi) is 7.45. The van der Waals surface area contributed by atoms with E-state index in [2.05, 4.69) is 15.2 Å². The normalized spacial score (nSPS) is 13.0. The highest BCUT2D eigenvalue weighted by molar-refractivity contribution is 7.93. The molecule has 0 aliphatic carbocycles. The van der Waals surface area contributed by atoms with E-state index in [1.54, 1.807) is 11.6 Å². The molecule has 0 spiro atoms. The summed E-state index contributed by atoms with van der Waals surface area (Å²) in [5, 5.41) is 8.09. The van der Waals surface area contributed by atoms with E-state index in [1.165, 1.54) is 60.4 Å². The third kappa shape index (κ3) is 5.79. The van der Waals surface area contributed by atoms with Gasteiger partial charge in [-0.3, -0.25) is 9.40 Å². The highest BCUT2D eigenvalue weighted by Crippen LogP contribution is 2.40. The van der Waals surface area contributed by atoms with Crippen LogP contribution in [-0.4, -0.2) is 38.7 Å². The zero-order valence-electron chi connectivity index (χ0n) is 22.1. The second kappa shape index (κ2) is 10.8. The predicted octanol–water partition coefficient (Wildman–Crippen LogP) is 5.80. The van der Waals surface area contributed by atoms with Gasteiger partial charge in [-0.25, -0.2) is 17.8 Å². The topological polar surface area (TPSA) is 130 Å². The van der Waals surface area contributed by atoms with Crippen molar-refractivity contribution in [3.63, 3.8) is 0 Å². The Morgan fingerprint density at radius 3 is 2.37 bits per heavy atom. The summed E-state index contributed by atoms with van der Waals surface area (Å²) in [6, 6.07) is 9.15. The summed E-state index contributed by atoms with van der Waals surface area (Å²) >= 11 is 0. The maximum absolute atomic E-state index is 13.4. The van der Waals surface area contributed by atoms with E-state index in [1.807, 2.05) is 0 Å². The summed E-state index contributed by atoms with van der Waals surface area (Å²) in [6.45, 7) is 1.58. The third-order valence-corrected chi connectivity index (χ3v) is 7.40. The van der Waals surface area contributed by atoms with E-state index in [0.717, 1.165) is 12.4 Å². The molecule has 3 aromatic heterocycles. The Morgan fingerprint density at radius 2 is 1.74 bits per heavy atom. The lowest BCUT2D eigenvalue weighted by Crippen LogP contribution is -2.21. The van der Waals surface area contributed by atoms with Gasteiger partial charge in [0.15, 0.2) is 0 Å². The monoisotopic (exact) mass is 625 g/mol. The molecular weight excluding hydrogens is 604 g/mol. The van der Waals surface area contributed by atoms with Crippen LogP contribution in [0.4, 0.5) is 37.8 Å². The fourth-order valence-corrected chi connectivity index (χ4v) is 4.96. The lowest BCUT2D eigenvalue weighted by molar-refractivity contribution is -0.212. The molecule has 2 aromatic carbocycles. The van der Waals surface area contributed by atoms with Gasteiger partial charge in [-0.15, -0.1) is 13.2 Å². The highest BCUT2D eigenvalue weighted by atomic mass is 32.2. The number of anilines is 2. The molecule has 3 N–H and O–H groups in total. The molecule has 43 heavy (non-hydrogen) atoms. The molecule has 0 fully saturated rings. The van der Waals surface area contributed by atoms with Gasteiger partial charge in [0.25, 0.3) is 10.0 Å². The molecule has 5 aromatic rings. The second-order valence-electron chi connectivity index (χ2n) is 9.32. The van der Waals surface area contributed by atoms with Crippen molar-refractivity contribution in [1.82, 2.24) is 24.5 Å². The van der Waals surface area contributed by atoms with E-state index in [9.17, 15) is 34.8 Å². The van der Waals surface area contributed by atoms with Gasteiger partial charge in [0.05, 0.1) is 22.8 Å². The first-order valence-corrected chi connectivity index (χ1v) is 13.8. The molecule has 10 nitrogen and oxygen atoms in total. The smallest absolute Gasteiger partial charge is 0.484 e. The van der Waals surface area contributed by atoms with Crippen molar-refractivity contribution in [3.8, 4) is 28.1 Å². The minimum Gasteiger partial charge on any atom is -0.484 e. The van der Waals surface area contributed by atoms with Crippen molar-refractivity contribution in [2.45, 2.75) is 25.1 Å². The third-order valence-electron chi connectivity index (χ3n) is 6.43. The van der Waals surface area contributed by atoms with E-state index in [4.69, 9.17) is 10.5 Å². The summed E-state index contributed by atoms with van der Waals surface area (Å²) in [7, 11) is -3.56. The summed E-state index contributed by atoms with van der Waals surface area (Å²) in [5.41, 5.74) is 7.47. The molecule has 0 aliphatic heterocycles. The Morgan fingerprint density at radius 1 is 1.05 bits per heavy atom. The van der Waals surface area contributed by atoms with Gasteiger partial charge in [-0.2, -0.15) is 23.7 Å². The first-order valence-electron chi connectivity index (χ1n) is 12.3. The van der Waals surface area contributed by atoms with Gasteiger partial charge >= 0.3 is 12.1 Å². The number of nitrogens with zero attached hydrogens (tertiary/aromatic N) is 5. The van der Waals surface area contributed by atoms with Crippen LogP contribution < -0.4 is 15.2 Å². The summed E-state index contributed by atoms with van der Waals surface area (Å²) in [6.07, 6.45) is -2.46. The van der Waals surface area contributed by atoms with Crippen LogP contribution in [0.1, 0.15) is 18.6 Å². The predicted molar refractivity (Wildman–Crippen MR) is 145 cm³/mol. The number of aromatic nitrogens is 5. The quantitative estimate of drug-likeness (QED) is 0.209. The maximum atomic E-state index is 13.4. The minimum atomic E-state index is -5.09. The van der Waals surface area contributed by atoms with E-state index >= 15 is 0 Å². The molecule has 0 saturated carbocycles. The number of fused-ring (bicyclic) bond motifs is 1. The number of pyridine rings is 1. The number of sulfonamides is 1. The molecule has 0 radical (unpaired) electrons. The number of aryl methyl sites for hydroxylation is 1. The lowest BCUT2D eigenvalue weighted by atomic mass is 10.0. The summed E-state index contributed by atoms with van der Waals surface area (Å²) in [4.78, 5) is 4.13. The molecule has 0 aliphatic rings. The van der Waals surface area contributed by atoms with Crippen LogP contribution in [0, 0.1) is 5.82 Å². The van der Waals surface area contributed by atoms with Crippen molar-refractivity contribution in [3.05, 3.63) is 72.4 Å². The molecule has 0 unspecified atom stereocenters. The number of hydrogen-bond donors (Lipinski definition) is 2. The second-order valence-corrected chi connectivity index (χ2v) is 11.0. The van der Waals surface area contributed by atoms with Gasteiger partial charge in [-0.1, -0.05) is 18.2 Å². The molecule has 0 amide bonds. The van der Waals surface area contributed by atoms with Gasteiger partial charge in [0, 0.05) is 36.1 Å². The van der Waals surface area contributed by atoms with Crippen LogP contribution in [-0.2, 0) is 23.4 Å².